The van der Waals surface area contributed by atoms with Crippen LogP contribution >= 0.6 is 0 Å². The molecule has 3 rings (SSSR count). The van der Waals surface area contributed by atoms with Crippen LogP contribution in [-0.2, 0) is 0 Å². The number of nitrogens with two attached hydrogens (primary N) is 1. The van der Waals surface area contributed by atoms with Crippen LogP contribution in [0.15, 0.2) is 30.3 Å². The largest absolute Gasteiger partial charge is 0.384 e. The molecule has 2 heterocycles. The lowest BCUT2D eigenvalue weighted by Crippen LogP contribution is -2.35. The number of piperidine rings is 1. The van der Waals surface area contributed by atoms with Crippen molar-refractivity contribution in [2.45, 2.75) is 19.3 Å². The van der Waals surface area contributed by atoms with Crippen LogP contribution in [0.5, 0.6) is 0 Å². The van der Waals surface area contributed by atoms with Gasteiger partial charge in [0.2, 0.25) is 0 Å². The third-order valence-electron chi connectivity index (χ3n) is 3.68. The summed E-state index contributed by atoms with van der Waals surface area (Å²) in [7, 11) is 0. The molecule has 1 fully saturated rings. The Morgan fingerprint density at radius 2 is 1.90 bits per heavy atom. The SMILES string of the molecule is Nc1cc(C(=O)N2CCCCC2)nn1-c1ccccc1F. The van der Waals surface area contributed by atoms with Crippen molar-refractivity contribution in [2.24, 2.45) is 0 Å². The number of carbonyl (C=O) groups is 1. The second-order valence-electron chi connectivity index (χ2n) is 5.17. The predicted molar refractivity (Wildman–Crippen MR) is 77.7 cm³/mol. The van der Waals surface area contributed by atoms with Gasteiger partial charge in [-0.05, 0) is 31.4 Å². The van der Waals surface area contributed by atoms with Crippen LogP contribution in [0.1, 0.15) is 29.8 Å². The predicted octanol–water partition coefficient (Wildman–Crippen LogP) is 2.22. The Morgan fingerprint density at radius 3 is 2.62 bits per heavy atom. The van der Waals surface area contributed by atoms with E-state index in [0.717, 1.165) is 32.4 Å². The maximum absolute atomic E-state index is 13.8. The second kappa shape index (κ2) is 5.55. The summed E-state index contributed by atoms with van der Waals surface area (Å²) in [5.41, 5.74) is 6.38. The number of carbonyl (C=O) groups excluding carboxylic acids is 1. The molecule has 1 aliphatic heterocycles. The standard InChI is InChI=1S/C15H17FN4O/c16-11-6-2-3-7-13(11)20-14(17)10-12(18-20)15(21)19-8-4-1-5-9-19/h2-3,6-7,10H,1,4-5,8-9,17H2. The van der Waals surface area contributed by atoms with Gasteiger partial charge >= 0.3 is 0 Å². The van der Waals surface area contributed by atoms with Crippen molar-refractivity contribution in [1.82, 2.24) is 14.7 Å². The first-order chi connectivity index (χ1) is 10.2. The molecule has 0 saturated carbocycles. The van der Waals surface area contributed by atoms with Crippen LogP contribution in [0.25, 0.3) is 5.69 Å². The van der Waals surface area contributed by atoms with Crippen LogP contribution in [0.2, 0.25) is 0 Å². The van der Waals surface area contributed by atoms with Crippen LogP contribution in [0, 0.1) is 5.82 Å². The number of benzene rings is 1. The van der Waals surface area contributed by atoms with Crippen molar-refractivity contribution >= 4 is 11.7 Å². The molecule has 2 N–H and O–H groups in total. The molecule has 1 amide bonds. The van der Waals surface area contributed by atoms with Gasteiger partial charge in [0.25, 0.3) is 5.91 Å². The van der Waals surface area contributed by atoms with Crippen molar-refractivity contribution in [1.29, 1.82) is 0 Å². The van der Waals surface area contributed by atoms with Crippen LogP contribution < -0.4 is 5.73 Å². The molecule has 1 aromatic carbocycles. The fourth-order valence-electron chi connectivity index (χ4n) is 2.58. The number of halogens is 1. The number of likely N-dealkylation sites (tertiary alicyclic amines) is 1. The molecule has 1 aromatic heterocycles. The van der Waals surface area contributed by atoms with E-state index in [-0.39, 0.29) is 23.1 Å². The fourth-order valence-corrected chi connectivity index (χ4v) is 2.58. The molecular weight excluding hydrogens is 271 g/mol. The van der Waals surface area contributed by atoms with Gasteiger partial charge in [0, 0.05) is 19.2 Å². The zero-order valence-electron chi connectivity index (χ0n) is 11.6. The normalized spacial score (nSPS) is 15.2. The number of hydrogen-bond acceptors (Lipinski definition) is 3. The van der Waals surface area contributed by atoms with Gasteiger partial charge in [0.15, 0.2) is 5.69 Å². The fraction of sp³-hybridized carbons (Fsp3) is 0.333. The summed E-state index contributed by atoms with van der Waals surface area (Å²) in [5.74, 6) is -0.318. The van der Waals surface area contributed by atoms with Gasteiger partial charge in [-0.15, -0.1) is 0 Å². The maximum Gasteiger partial charge on any atom is 0.274 e. The Balaban J connectivity index is 1.91. The van der Waals surface area contributed by atoms with Gasteiger partial charge in [-0.1, -0.05) is 12.1 Å². The van der Waals surface area contributed by atoms with E-state index >= 15 is 0 Å². The molecule has 0 bridgehead atoms. The number of hydrogen-bond donors (Lipinski definition) is 1. The molecule has 1 aliphatic rings. The summed E-state index contributed by atoms with van der Waals surface area (Å²) in [6.07, 6.45) is 3.17. The summed E-state index contributed by atoms with van der Waals surface area (Å²) >= 11 is 0. The Kier molecular flexibility index (Phi) is 3.60. The van der Waals surface area contributed by atoms with E-state index < -0.39 is 5.82 Å². The van der Waals surface area contributed by atoms with Crippen molar-refractivity contribution in [3.8, 4) is 5.69 Å². The van der Waals surface area contributed by atoms with Gasteiger partial charge in [-0.3, -0.25) is 4.79 Å². The minimum Gasteiger partial charge on any atom is -0.384 e. The molecule has 0 atom stereocenters. The van der Waals surface area contributed by atoms with E-state index in [9.17, 15) is 9.18 Å². The summed E-state index contributed by atoms with van der Waals surface area (Å²) in [5, 5.41) is 4.18. The first-order valence-electron chi connectivity index (χ1n) is 7.06. The zero-order valence-corrected chi connectivity index (χ0v) is 11.6. The average Bonchev–Trinajstić information content (AvgIpc) is 2.90. The van der Waals surface area contributed by atoms with E-state index in [4.69, 9.17) is 5.73 Å². The lowest BCUT2D eigenvalue weighted by molar-refractivity contribution is 0.0718. The van der Waals surface area contributed by atoms with Crippen LogP contribution in [0.4, 0.5) is 10.2 Å². The Hall–Kier alpha value is -2.37. The first kappa shape index (κ1) is 13.6. The molecule has 21 heavy (non-hydrogen) atoms. The number of nitrogens with zero attached hydrogens (tertiary/aromatic N) is 3. The summed E-state index contributed by atoms with van der Waals surface area (Å²) in [4.78, 5) is 14.2. The molecule has 0 unspecified atom stereocenters. The Morgan fingerprint density at radius 1 is 1.19 bits per heavy atom. The lowest BCUT2D eigenvalue weighted by Gasteiger charge is -2.25. The highest BCUT2D eigenvalue weighted by Crippen LogP contribution is 2.19. The number of nitrogen functional groups attached to an aromatic ring is 1. The number of aromatic nitrogens is 2. The van der Waals surface area contributed by atoms with Gasteiger partial charge in [0.05, 0.1) is 0 Å². The molecule has 1 saturated heterocycles. The number of anilines is 1. The minimum absolute atomic E-state index is 0.142. The molecule has 6 heteroatoms. The molecule has 2 aromatic rings. The van der Waals surface area contributed by atoms with Crippen molar-refractivity contribution in [3.05, 3.63) is 41.8 Å². The monoisotopic (exact) mass is 288 g/mol. The molecule has 0 spiro atoms. The summed E-state index contributed by atoms with van der Waals surface area (Å²) in [6, 6.07) is 7.71. The highest BCUT2D eigenvalue weighted by molar-refractivity contribution is 5.93. The summed E-state index contributed by atoms with van der Waals surface area (Å²) < 4.78 is 15.1. The topological polar surface area (TPSA) is 64.2 Å². The molecular formula is C15H17FN4O. The first-order valence-corrected chi connectivity index (χ1v) is 7.06. The highest BCUT2D eigenvalue weighted by atomic mass is 19.1. The van der Waals surface area contributed by atoms with Crippen LogP contribution in [0.3, 0.4) is 0 Å². The van der Waals surface area contributed by atoms with Crippen LogP contribution in [-0.4, -0.2) is 33.7 Å². The van der Waals surface area contributed by atoms with Gasteiger partial charge in [-0.25, -0.2) is 9.07 Å². The lowest BCUT2D eigenvalue weighted by atomic mass is 10.1. The maximum atomic E-state index is 13.8. The van der Waals surface area contributed by atoms with Crippen molar-refractivity contribution < 1.29 is 9.18 Å². The second-order valence-corrected chi connectivity index (χ2v) is 5.17. The Bertz CT molecular complexity index is 661. The van der Waals surface area contributed by atoms with Gasteiger partial charge in [0.1, 0.15) is 17.3 Å². The molecule has 110 valence electrons. The average molecular weight is 288 g/mol. The number of para-hydroxylation sites is 1. The van der Waals surface area contributed by atoms with E-state index in [0.29, 0.717) is 0 Å². The van der Waals surface area contributed by atoms with E-state index in [1.165, 1.54) is 16.8 Å². The minimum atomic E-state index is -0.427. The van der Waals surface area contributed by atoms with Crippen molar-refractivity contribution in [2.75, 3.05) is 18.8 Å². The van der Waals surface area contributed by atoms with Gasteiger partial charge < -0.3 is 10.6 Å². The third-order valence-corrected chi connectivity index (χ3v) is 3.68. The molecule has 0 aliphatic carbocycles. The molecule has 5 nitrogen and oxygen atoms in total. The van der Waals surface area contributed by atoms with E-state index in [1.807, 2.05) is 0 Å². The zero-order chi connectivity index (χ0) is 14.8. The number of amides is 1. The molecule has 0 radical (unpaired) electrons. The van der Waals surface area contributed by atoms with E-state index in [2.05, 4.69) is 5.10 Å². The Labute approximate surface area is 122 Å². The smallest absolute Gasteiger partial charge is 0.274 e. The summed E-state index contributed by atoms with van der Waals surface area (Å²) in [6.45, 7) is 1.48. The number of rotatable bonds is 2. The highest BCUT2D eigenvalue weighted by Gasteiger charge is 2.22. The quantitative estimate of drug-likeness (QED) is 0.921. The third kappa shape index (κ3) is 2.61. The van der Waals surface area contributed by atoms with Crippen molar-refractivity contribution in [3.63, 3.8) is 0 Å². The van der Waals surface area contributed by atoms with Gasteiger partial charge in [-0.2, -0.15) is 5.10 Å². The van der Waals surface area contributed by atoms with E-state index in [1.54, 1.807) is 23.1 Å².